The number of ether oxygens (including phenoxy) is 3. The first kappa shape index (κ1) is 19.8. The minimum absolute atomic E-state index is 0.0359. The molecular formula is C21H24ClN3O4. The van der Waals surface area contributed by atoms with Crippen molar-refractivity contribution in [2.75, 3.05) is 51.4 Å². The van der Waals surface area contributed by atoms with Crippen molar-refractivity contribution in [2.45, 2.75) is 12.5 Å². The number of amides is 1. The summed E-state index contributed by atoms with van der Waals surface area (Å²) in [5, 5.41) is 0.345. The van der Waals surface area contributed by atoms with Crippen LogP contribution in [0.25, 0.3) is 0 Å². The number of halogens is 1. The highest BCUT2D eigenvalue weighted by Crippen LogP contribution is 2.26. The molecule has 2 saturated heterocycles. The van der Waals surface area contributed by atoms with Crippen molar-refractivity contribution in [2.24, 2.45) is 0 Å². The highest BCUT2D eigenvalue weighted by molar-refractivity contribution is 6.32. The molecule has 2 aliphatic heterocycles. The molecule has 0 bridgehead atoms. The van der Waals surface area contributed by atoms with Crippen molar-refractivity contribution >= 4 is 23.2 Å². The molecule has 1 aromatic carbocycles. The van der Waals surface area contributed by atoms with Crippen LogP contribution in [0.1, 0.15) is 16.8 Å². The molecule has 8 heteroatoms. The number of carbonyl (C=O) groups excluding carboxylic acids is 1. The van der Waals surface area contributed by atoms with E-state index >= 15 is 0 Å². The molecule has 1 atom stereocenters. The van der Waals surface area contributed by atoms with Crippen LogP contribution in [0, 0.1) is 0 Å². The summed E-state index contributed by atoms with van der Waals surface area (Å²) in [6.07, 6.45) is 2.32. The summed E-state index contributed by atoms with van der Waals surface area (Å²) in [5.74, 6) is 1.11. The van der Waals surface area contributed by atoms with Crippen LogP contribution >= 0.6 is 11.6 Å². The minimum Gasteiger partial charge on any atom is -0.497 e. The number of hydrogen-bond acceptors (Lipinski definition) is 6. The third kappa shape index (κ3) is 4.57. The summed E-state index contributed by atoms with van der Waals surface area (Å²) >= 11 is 6.30. The topological polar surface area (TPSA) is 64.1 Å². The van der Waals surface area contributed by atoms with Gasteiger partial charge in [0.15, 0.2) is 0 Å². The van der Waals surface area contributed by atoms with Gasteiger partial charge in [-0.2, -0.15) is 0 Å². The Morgan fingerprint density at radius 1 is 1.24 bits per heavy atom. The molecule has 0 aliphatic carbocycles. The smallest absolute Gasteiger partial charge is 0.255 e. The summed E-state index contributed by atoms with van der Waals surface area (Å²) in [5.41, 5.74) is 1.57. The monoisotopic (exact) mass is 417 g/mol. The van der Waals surface area contributed by atoms with E-state index in [-0.39, 0.29) is 12.0 Å². The molecule has 4 rings (SSSR count). The highest BCUT2D eigenvalue weighted by atomic mass is 35.5. The summed E-state index contributed by atoms with van der Waals surface area (Å²) in [6, 6.07) is 9.59. The fourth-order valence-corrected chi connectivity index (χ4v) is 3.76. The minimum atomic E-state index is -0.0690. The van der Waals surface area contributed by atoms with Gasteiger partial charge in [-0.05, 0) is 18.2 Å². The largest absolute Gasteiger partial charge is 0.497 e. The number of carbonyl (C=O) groups is 1. The normalized spacial score (nSPS) is 19.3. The SMILES string of the molecule is COc1cccc(N2CCN(C(=O)c3cnc(OC4CCOC4)c(Cl)c3)CC2)c1. The van der Waals surface area contributed by atoms with Crippen molar-refractivity contribution in [1.29, 1.82) is 0 Å². The van der Waals surface area contributed by atoms with Crippen LogP contribution < -0.4 is 14.4 Å². The molecule has 7 nitrogen and oxygen atoms in total. The molecule has 29 heavy (non-hydrogen) atoms. The van der Waals surface area contributed by atoms with E-state index in [1.54, 1.807) is 13.2 Å². The fraction of sp³-hybridized carbons (Fsp3) is 0.429. The van der Waals surface area contributed by atoms with Crippen LogP contribution in [-0.2, 0) is 4.74 Å². The zero-order valence-electron chi connectivity index (χ0n) is 16.3. The zero-order chi connectivity index (χ0) is 20.2. The molecule has 2 fully saturated rings. The molecule has 2 aromatic rings. The summed E-state index contributed by atoms with van der Waals surface area (Å²) < 4.78 is 16.4. The lowest BCUT2D eigenvalue weighted by Crippen LogP contribution is -2.48. The van der Waals surface area contributed by atoms with Gasteiger partial charge in [0.05, 0.1) is 25.9 Å². The van der Waals surface area contributed by atoms with Crippen LogP contribution in [0.5, 0.6) is 11.6 Å². The molecular weight excluding hydrogens is 394 g/mol. The van der Waals surface area contributed by atoms with E-state index in [0.717, 1.165) is 30.9 Å². The quantitative estimate of drug-likeness (QED) is 0.745. The van der Waals surface area contributed by atoms with E-state index in [1.165, 1.54) is 6.20 Å². The Balaban J connectivity index is 1.37. The number of nitrogens with zero attached hydrogens (tertiary/aromatic N) is 3. The Labute approximate surface area is 175 Å². The second-order valence-electron chi connectivity index (χ2n) is 7.10. The van der Waals surface area contributed by atoms with Crippen molar-refractivity contribution in [3.05, 3.63) is 47.1 Å². The van der Waals surface area contributed by atoms with Gasteiger partial charge < -0.3 is 24.0 Å². The number of piperazine rings is 1. The van der Waals surface area contributed by atoms with E-state index < -0.39 is 0 Å². The number of pyridine rings is 1. The predicted molar refractivity (Wildman–Crippen MR) is 110 cm³/mol. The van der Waals surface area contributed by atoms with Crippen molar-refractivity contribution in [1.82, 2.24) is 9.88 Å². The fourth-order valence-electron chi connectivity index (χ4n) is 3.55. The number of hydrogen-bond donors (Lipinski definition) is 0. The first-order valence-corrected chi connectivity index (χ1v) is 10.1. The van der Waals surface area contributed by atoms with Crippen molar-refractivity contribution in [3.63, 3.8) is 0 Å². The molecule has 0 radical (unpaired) electrons. The van der Waals surface area contributed by atoms with Crippen LogP contribution in [0.4, 0.5) is 5.69 Å². The van der Waals surface area contributed by atoms with E-state index in [1.807, 2.05) is 23.1 Å². The molecule has 154 valence electrons. The molecule has 3 heterocycles. The molecule has 0 saturated carbocycles. The van der Waals surface area contributed by atoms with Gasteiger partial charge in [-0.15, -0.1) is 0 Å². The van der Waals surface area contributed by atoms with Crippen LogP contribution in [0.3, 0.4) is 0 Å². The second kappa shape index (κ2) is 8.88. The summed E-state index contributed by atoms with van der Waals surface area (Å²) in [7, 11) is 1.66. The van der Waals surface area contributed by atoms with Crippen molar-refractivity contribution < 1.29 is 19.0 Å². The number of benzene rings is 1. The van der Waals surface area contributed by atoms with Gasteiger partial charge in [0.2, 0.25) is 5.88 Å². The maximum absolute atomic E-state index is 12.9. The van der Waals surface area contributed by atoms with Gasteiger partial charge in [-0.25, -0.2) is 4.98 Å². The van der Waals surface area contributed by atoms with Gasteiger partial charge in [0.25, 0.3) is 5.91 Å². The zero-order valence-corrected chi connectivity index (χ0v) is 17.1. The van der Waals surface area contributed by atoms with Crippen molar-refractivity contribution in [3.8, 4) is 11.6 Å². The van der Waals surface area contributed by atoms with E-state index in [9.17, 15) is 4.79 Å². The maximum Gasteiger partial charge on any atom is 0.255 e. The first-order chi connectivity index (χ1) is 14.1. The van der Waals surface area contributed by atoms with Gasteiger partial charge in [0, 0.05) is 50.6 Å². The van der Waals surface area contributed by atoms with E-state index in [4.69, 9.17) is 25.8 Å². The lowest BCUT2D eigenvalue weighted by atomic mass is 10.2. The van der Waals surface area contributed by atoms with E-state index in [2.05, 4.69) is 16.0 Å². The lowest BCUT2D eigenvalue weighted by Gasteiger charge is -2.36. The Hall–Kier alpha value is -2.51. The Morgan fingerprint density at radius 2 is 2.07 bits per heavy atom. The third-order valence-corrected chi connectivity index (χ3v) is 5.48. The third-order valence-electron chi connectivity index (χ3n) is 5.21. The molecule has 0 N–H and O–H groups in total. The van der Waals surface area contributed by atoms with Crippen LogP contribution in [-0.4, -0.2) is 68.4 Å². The Bertz CT molecular complexity index is 865. The Kier molecular flexibility index (Phi) is 6.06. The highest BCUT2D eigenvalue weighted by Gasteiger charge is 2.24. The molecule has 2 aliphatic rings. The van der Waals surface area contributed by atoms with Gasteiger partial charge in [-0.1, -0.05) is 17.7 Å². The average Bonchev–Trinajstić information content (AvgIpc) is 3.28. The second-order valence-corrected chi connectivity index (χ2v) is 7.50. The predicted octanol–water partition coefficient (Wildman–Crippen LogP) is 2.87. The number of rotatable bonds is 5. The molecule has 0 spiro atoms. The standard InChI is InChI=1S/C21H24ClN3O4/c1-27-17-4-2-3-16(12-17)24-6-8-25(9-7-24)21(26)15-11-19(22)20(23-13-15)29-18-5-10-28-14-18/h2-4,11-13,18H,5-10,14H2,1H3. The lowest BCUT2D eigenvalue weighted by molar-refractivity contribution is 0.0746. The van der Waals surface area contributed by atoms with Gasteiger partial charge in [-0.3, -0.25) is 4.79 Å². The summed E-state index contributed by atoms with van der Waals surface area (Å²) in [4.78, 5) is 21.2. The Morgan fingerprint density at radius 3 is 2.76 bits per heavy atom. The first-order valence-electron chi connectivity index (χ1n) is 9.72. The summed E-state index contributed by atoms with van der Waals surface area (Å²) in [6.45, 7) is 3.99. The average molecular weight is 418 g/mol. The van der Waals surface area contributed by atoms with Crippen LogP contribution in [0.15, 0.2) is 36.5 Å². The number of aromatic nitrogens is 1. The molecule has 1 aromatic heterocycles. The molecule has 1 amide bonds. The number of anilines is 1. The van der Waals surface area contributed by atoms with Gasteiger partial charge >= 0.3 is 0 Å². The van der Waals surface area contributed by atoms with Gasteiger partial charge in [0.1, 0.15) is 16.9 Å². The maximum atomic E-state index is 12.9. The van der Waals surface area contributed by atoms with E-state index in [0.29, 0.717) is 42.8 Å². The molecule has 1 unspecified atom stereocenters. The van der Waals surface area contributed by atoms with Crippen LogP contribution in [0.2, 0.25) is 5.02 Å². The number of methoxy groups -OCH3 is 1.